The number of rotatable bonds is 4. The summed E-state index contributed by atoms with van der Waals surface area (Å²) >= 11 is 0. The number of para-hydroxylation sites is 1. The van der Waals surface area contributed by atoms with Crippen LogP contribution in [0.5, 0.6) is 0 Å². The van der Waals surface area contributed by atoms with E-state index in [2.05, 4.69) is 13.8 Å². The van der Waals surface area contributed by atoms with Crippen LogP contribution in [-0.4, -0.2) is 24.3 Å². The van der Waals surface area contributed by atoms with Crippen molar-refractivity contribution in [1.29, 1.82) is 0 Å². The second kappa shape index (κ2) is 6.13. The van der Waals surface area contributed by atoms with Crippen LogP contribution in [-0.2, 0) is 0 Å². The Morgan fingerprint density at radius 1 is 1.35 bits per heavy atom. The third-order valence-corrected chi connectivity index (χ3v) is 4.51. The maximum atomic E-state index is 13.9. The minimum atomic E-state index is -0.260. The van der Waals surface area contributed by atoms with Crippen LogP contribution in [0.15, 0.2) is 24.3 Å². The Morgan fingerprint density at radius 2 is 2.05 bits per heavy atom. The Labute approximate surface area is 121 Å². The smallest absolute Gasteiger partial charge is 0.146 e. The average Bonchev–Trinajstić information content (AvgIpc) is 2.41. The van der Waals surface area contributed by atoms with E-state index >= 15 is 0 Å². The van der Waals surface area contributed by atoms with Crippen LogP contribution in [0.25, 0.3) is 0 Å². The molecular weight excluding hydrogens is 253 g/mol. The van der Waals surface area contributed by atoms with Gasteiger partial charge in [0.1, 0.15) is 5.82 Å². The summed E-state index contributed by atoms with van der Waals surface area (Å²) in [6.45, 7) is 8.02. The quantitative estimate of drug-likeness (QED) is 0.905. The highest BCUT2D eigenvalue weighted by molar-refractivity contribution is 5.47. The Hall–Kier alpha value is -1.09. The van der Waals surface area contributed by atoms with E-state index in [0.29, 0.717) is 5.69 Å². The molecule has 1 N–H and O–H groups in total. The van der Waals surface area contributed by atoms with Crippen molar-refractivity contribution >= 4 is 5.69 Å². The third kappa shape index (κ3) is 3.51. The van der Waals surface area contributed by atoms with Crippen molar-refractivity contribution in [3.8, 4) is 0 Å². The lowest BCUT2D eigenvalue weighted by molar-refractivity contribution is 0.0250. The number of halogens is 1. The molecule has 2 rings (SSSR count). The lowest BCUT2D eigenvalue weighted by atomic mass is 9.70. The van der Waals surface area contributed by atoms with Crippen LogP contribution in [0.2, 0.25) is 0 Å². The number of hydrogen-bond acceptors (Lipinski definition) is 2. The van der Waals surface area contributed by atoms with Crippen molar-refractivity contribution in [2.24, 2.45) is 11.3 Å². The lowest BCUT2D eigenvalue weighted by Gasteiger charge is -2.41. The number of aliphatic hydroxyl groups excluding tert-OH is 1. The summed E-state index contributed by atoms with van der Waals surface area (Å²) in [4.78, 5) is 2.05. The van der Waals surface area contributed by atoms with E-state index in [1.807, 2.05) is 24.0 Å². The number of anilines is 1. The Balaban J connectivity index is 2.12. The van der Waals surface area contributed by atoms with Crippen LogP contribution >= 0.6 is 0 Å². The van der Waals surface area contributed by atoms with Crippen LogP contribution in [0.1, 0.15) is 40.0 Å². The van der Waals surface area contributed by atoms with Crippen molar-refractivity contribution in [2.45, 2.75) is 46.1 Å². The summed E-state index contributed by atoms with van der Waals surface area (Å²) in [7, 11) is 0. The number of hydrogen-bond donors (Lipinski definition) is 1. The largest absolute Gasteiger partial charge is 0.393 e. The van der Waals surface area contributed by atoms with Crippen molar-refractivity contribution in [3.05, 3.63) is 30.1 Å². The van der Waals surface area contributed by atoms with E-state index in [9.17, 15) is 9.50 Å². The Bertz CT molecular complexity index is 446. The third-order valence-electron chi connectivity index (χ3n) is 4.51. The van der Waals surface area contributed by atoms with Crippen molar-refractivity contribution in [1.82, 2.24) is 0 Å². The van der Waals surface area contributed by atoms with Gasteiger partial charge in [0.15, 0.2) is 0 Å². The number of benzene rings is 1. The molecule has 0 amide bonds. The first-order chi connectivity index (χ1) is 9.43. The predicted octanol–water partition coefficient (Wildman–Crippen LogP) is 3.84. The second-order valence-electron chi connectivity index (χ2n) is 6.72. The van der Waals surface area contributed by atoms with E-state index in [-0.39, 0.29) is 23.3 Å². The van der Waals surface area contributed by atoms with E-state index in [1.54, 1.807) is 6.07 Å². The van der Waals surface area contributed by atoms with Crippen molar-refractivity contribution in [2.75, 3.05) is 18.0 Å². The SMILES string of the molecule is CCN(CC1CC(C)(C)CCC1O)c1ccccc1F. The fourth-order valence-corrected chi connectivity index (χ4v) is 3.30. The van der Waals surface area contributed by atoms with E-state index in [0.717, 1.165) is 32.4 Å². The summed E-state index contributed by atoms with van der Waals surface area (Å²) in [6.07, 6.45) is 2.66. The van der Waals surface area contributed by atoms with Crippen LogP contribution in [0.4, 0.5) is 10.1 Å². The first-order valence-corrected chi connectivity index (χ1v) is 7.60. The molecule has 1 saturated carbocycles. The van der Waals surface area contributed by atoms with Crippen LogP contribution in [0, 0.1) is 17.2 Å². The second-order valence-corrected chi connectivity index (χ2v) is 6.72. The van der Waals surface area contributed by atoms with Crippen LogP contribution < -0.4 is 4.90 Å². The Kier molecular flexibility index (Phi) is 4.69. The van der Waals surface area contributed by atoms with Gasteiger partial charge in [-0.2, -0.15) is 0 Å². The molecule has 20 heavy (non-hydrogen) atoms. The first-order valence-electron chi connectivity index (χ1n) is 7.60. The summed E-state index contributed by atoms with van der Waals surface area (Å²) in [6, 6.07) is 6.89. The molecule has 0 spiro atoms. The fourth-order valence-electron chi connectivity index (χ4n) is 3.30. The molecule has 2 nitrogen and oxygen atoms in total. The maximum absolute atomic E-state index is 13.9. The maximum Gasteiger partial charge on any atom is 0.146 e. The molecular formula is C17H26FNO. The van der Waals surface area contributed by atoms with E-state index in [4.69, 9.17) is 0 Å². The first kappa shape index (κ1) is 15.3. The fraction of sp³-hybridized carbons (Fsp3) is 0.647. The molecule has 2 unspecified atom stereocenters. The highest BCUT2D eigenvalue weighted by atomic mass is 19.1. The molecule has 0 bridgehead atoms. The normalized spacial score (nSPS) is 25.4. The highest BCUT2D eigenvalue weighted by Crippen LogP contribution is 2.39. The van der Waals surface area contributed by atoms with E-state index < -0.39 is 0 Å². The van der Waals surface area contributed by atoms with Crippen molar-refractivity contribution < 1.29 is 9.50 Å². The molecule has 2 atom stereocenters. The molecule has 0 heterocycles. The molecule has 1 aromatic rings. The standard InChI is InChI=1S/C17H26FNO/c1-4-19(15-8-6-5-7-14(15)18)12-13-11-17(2,3)10-9-16(13)20/h5-8,13,16,20H,4,9-12H2,1-3H3. The van der Waals surface area contributed by atoms with Gasteiger partial charge in [0.2, 0.25) is 0 Å². The zero-order valence-corrected chi connectivity index (χ0v) is 12.8. The van der Waals surface area contributed by atoms with Crippen molar-refractivity contribution in [3.63, 3.8) is 0 Å². The monoisotopic (exact) mass is 279 g/mol. The summed E-state index contributed by atoms with van der Waals surface area (Å²) in [5.41, 5.74) is 0.920. The molecule has 1 aliphatic carbocycles. The van der Waals surface area contributed by atoms with Gasteiger partial charge in [-0.1, -0.05) is 26.0 Å². The zero-order valence-electron chi connectivity index (χ0n) is 12.8. The van der Waals surface area contributed by atoms with Gasteiger partial charge >= 0.3 is 0 Å². The van der Waals surface area contributed by atoms with Gasteiger partial charge in [-0.15, -0.1) is 0 Å². The molecule has 0 saturated heterocycles. The highest BCUT2D eigenvalue weighted by Gasteiger charge is 2.34. The Morgan fingerprint density at radius 3 is 2.70 bits per heavy atom. The molecule has 1 fully saturated rings. The van der Waals surface area contributed by atoms with Gasteiger partial charge < -0.3 is 10.0 Å². The number of nitrogens with zero attached hydrogens (tertiary/aromatic N) is 1. The topological polar surface area (TPSA) is 23.5 Å². The van der Waals surface area contributed by atoms with Crippen LogP contribution in [0.3, 0.4) is 0 Å². The van der Waals surface area contributed by atoms with Gasteiger partial charge in [0.05, 0.1) is 11.8 Å². The van der Waals surface area contributed by atoms with Gasteiger partial charge in [-0.25, -0.2) is 4.39 Å². The van der Waals surface area contributed by atoms with Gasteiger partial charge in [0.25, 0.3) is 0 Å². The predicted molar refractivity (Wildman–Crippen MR) is 81.4 cm³/mol. The minimum absolute atomic E-state index is 0.182. The molecule has 0 radical (unpaired) electrons. The molecule has 112 valence electrons. The minimum Gasteiger partial charge on any atom is -0.393 e. The molecule has 0 aromatic heterocycles. The van der Waals surface area contributed by atoms with E-state index in [1.165, 1.54) is 6.07 Å². The summed E-state index contributed by atoms with van der Waals surface area (Å²) < 4.78 is 13.9. The van der Waals surface area contributed by atoms with Gasteiger partial charge in [-0.3, -0.25) is 0 Å². The number of aliphatic hydroxyl groups is 1. The summed E-state index contributed by atoms with van der Waals surface area (Å²) in [5.74, 6) is 0.0391. The lowest BCUT2D eigenvalue weighted by Crippen LogP contribution is -2.41. The zero-order chi connectivity index (χ0) is 14.8. The summed E-state index contributed by atoms with van der Waals surface area (Å²) in [5, 5.41) is 10.2. The molecule has 1 aromatic carbocycles. The molecule has 3 heteroatoms. The van der Waals surface area contributed by atoms with Gasteiger partial charge in [0, 0.05) is 19.0 Å². The average molecular weight is 279 g/mol. The van der Waals surface area contributed by atoms with Gasteiger partial charge in [-0.05, 0) is 43.7 Å². The molecule has 0 aliphatic heterocycles. The molecule has 1 aliphatic rings.